The van der Waals surface area contributed by atoms with Crippen molar-refractivity contribution < 1.29 is 0 Å². The molecule has 0 aromatic heterocycles. The molecule has 0 aliphatic rings. The number of hydrogen-bond donors (Lipinski definition) is 0. The van der Waals surface area contributed by atoms with Gasteiger partial charge in [0.2, 0.25) is 0 Å². The van der Waals surface area contributed by atoms with E-state index in [1.807, 2.05) is 0 Å². The van der Waals surface area contributed by atoms with Crippen molar-refractivity contribution in [1.29, 1.82) is 0 Å². The van der Waals surface area contributed by atoms with Crippen LogP contribution < -0.4 is 0 Å². The lowest BCUT2D eigenvalue weighted by Crippen LogP contribution is -1.85. The number of hydrogen-bond acceptors (Lipinski definition) is 0. The van der Waals surface area contributed by atoms with E-state index in [0.29, 0.717) is 0 Å². The van der Waals surface area contributed by atoms with Gasteiger partial charge in [-0.25, -0.2) is 0 Å². The summed E-state index contributed by atoms with van der Waals surface area (Å²) in [4.78, 5) is 0. The summed E-state index contributed by atoms with van der Waals surface area (Å²) in [5, 5.41) is 2.75. The van der Waals surface area contributed by atoms with Crippen molar-refractivity contribution in [1.82, 2.24) is 0 Å². The zero-order chi connectivity index (χ0) is 17.5. The molecule has 0 N–H and O–H groups in total. The Morgan fingerprint density at radius 2 is 0.800 bits per heavy atom. The highest BCUT2D eigenvalue weighted by molar-refractivity contribution is 5.88. The van der Waals surface area contributed by atoms with Crippen LogP contribution in [0.15, 0.2) is 97.1 Å². The summed E-state index contributed by atoms with van der Waals surface area (Å²) in [6, 6.07) is 34.0. The molecule has 4 rings (SSSR count). The van der Waals surface area contributed by atoms with Gasteiger partial charge in [0.25, 0.3) is 0 Å². The van der Waals surface area contributed by atoms with Crippen molar-refractivity contribution in [3.05, 3.63) is 119 Å². The van der Waals surface area contributed by atoms with Gasteiger partial charge >= 0.3 is 0 Å². The molecule has 0 heteroatoms. The molecule has 124 valence electrons. The van der Waals surface area contributed by atoms with Crippen LogP contribution in [0.3, 0.4) is 0 Å². The second-order valence-electron chi connectivity index (χ2n) is 6.39. The molecule has 0 aliphatic carbocycles. The first-order valence-electron chi connectivity index (χ1n) is 8.77. The fraction of sp³-hybridized carbons (Fsp3) is 0.120. The number of aryl methyl sites for hydroxylation is 2. The summed E-state index contributed by atoms with van der Waals surface area (Å²) in [6.07, 6.45) is 1.03. The van der Waals surface area contributed by atoms with Crippen LogP contribution in [0.1, 0.15) is 22.3 Å². The molecule has 0 fully saturated rings. The fourth-order valence-electron chi connectivity index (χ4n) is 3.03. The predicted molar refractivity (Wildman–Crippen MR) is 109 cm³/mol. The predicted octanol–water partition coefficient (Wildman–Crippen LogP) is 6.73. The summed E-state index contributed by atoms with van der Waals surface area (Å²) >= 11 is 0. The van der Waals surface area contributed by atoms with E-state index in [1.165, 1.54) is 33.0 Å². The van der Waals surface area contributed by atoms with Gasteiger partial charge in [0.05, 0.1) is 0 Å². The molecule has 0 amide bonds. The van der Waals surface area contributed by atoms with Crippen LogP contribution in [0, 0.1) is 13.8 Å². The molecule has 0 spiro atoms. The third-order valence-corrected chi connectivity index (χ3v) is 4.45. The first-order valence-corrected chi connectivity index (χ1v) is 8.77. The molecule has 0 unspecified atom stereocenters. The summed E-state index contributed by atoms with van der Waals surface area (Å²) in [5.74, 6) is 0. The molecule has 0 heterocycles. The number of fused-ring (bicyclic) bond motifs is 1. The molecule has 0 saturated heterocycles. The van der Waals surface area contributed by atoms with Crippen molar-refractivity contribution in [2.75, 3.05) is 0 Å². The Kier molecular flexibility index (Phi) is 5.64. The average Bonchev–Trinajstić information content (AvgIpc) is 2.67. The zero-order valence-electron chi connectivity index (χ0n) is 14.9. The van der Waals surface area contributed by atoms with Gasteiger partial charge in [-0.05, 0) is 53.3 Å². The van der Waals surface area contributed by atoms with E-state index in [0.717, 1.165) is 6.42 Å². The molecule has 0 atom stereocenters. The van der Waals surface area contributed by atoms with Gasteiger partial charge in [-0.3, -0.25) is 0 Å². The monoisotopic (exact) mass is 324 g/mol. The lowest BCUT2D eigenvalue weighted by molar-refractivity contribution is 1.19. The highest BCUT2D eigenvalue weighted by Crippen LogP contribution is 2.21. The quantitative estimate of drug-likeness (QED) is 0.383. The van der Waals surface area contributed by atoms with E-state index >= 15 is 0 Å². The van der Waals surface area contributed by atoms with Crippen LogP contribution >= 0.6 is 0 Å². The van der Waals surface area contributed by atoms with Crippen LogP contribution in [-0.4, -0.2) is 0 Å². The fourth-order valence-corrected chi connectivity index (χ4v) is 3.03. The SMILES string of the molecule is Cc1ccc(C)c2ccccc12.c1ccc(Cc2ccccc2)cc1. The maximum absolute atomic E-state index is 2.18. The normalized spacial score (nSPS) is 10.2. The van der Waals surface area contributed by atoms with Crippen molar-refractivity contribution in [3.8, 4) is 0 Å². The van der Waals surface area contributed by atoms with Crippen LogP contribution in [0.4, 0.5) is 0 Å². The van der Waals surface area contributed by atoms with Gasteiger partial charge in [-0.15, -0.1) is 0 Å². The van der Waals surface area contributed by atoms with Crippen molar-refractivity contribution in [2.24, 2.45) is 0 Å². The molecule has 0 aliphatic heterocycles. The van der Waals surface area contributed by atoms with Gasteiger partial charge in [-0.2, -0.15) is 0 Å². The second-order valence-corrected chi connectivity index (χ2v) is 6.39. The summed E-state index contributed by atoms with van der Waals surface area (Å²) in [6.45, 7) is 4.31. The lowest BCUT2D eigenvalue weighted by atomic mass is 10.0. The summed E-state index contributed by atoms with van der Waals surface area (Å²) < 4.78 is 0. The topological polar surface area (TPSA) is 0 Å². The number of rotatable bonds is 2. The van der Waals surface area contributed by atoms with Crippen LogP contribution in [0.5, 0.6) is 0 Å². The average molecular weight is 324 g/mol. The van der Waals surface area contributed by atoms with E-state index in [4.69, 9.17) is 0 Å². The van der Waals surface area contributed by atoms with Gasteiger partial charge in [0.1, 0.15) is 0 Å². The number of benzene rings is 4. The first-order chi connectivity index (χ1) is 12.2. The minimum Gasteiger partial charge on any atom is -0.0622 e. The minimum atomic E-state index is 1.03. The van der Waals surface area contributed by atoms with Gasteiger partial charge in [0, 0.05) is 0 Å². The first kappa shape index (κ1) is 17.0. The van der Waals surface area contributed by atoms with Crippen molar-refractivity contribution >= 4 is 10.8 Å². The van der Waals surface area contributed by atoms with Crippen LogP contribution in [0.2, 0.25) is 0 Å². The summed E-state index contributed by atoms with van der Waals surface area (Å²) in [7, 11) is 0. The summed E-state index contributed by atoms with van der Waals surface area (Å²) in [5.41, 5.74) is 5.45. The van der Waals surface area contributed by atoms with E-state index < -0.39 is 0 Å². The molecule has 0 radical (unpaired) electrons. The Balaban J connectivity index is 0.000000146. The third-order valence-electron chi connectivity index (χ3n) is 4.45. The molecular weight excluding hydrogens is 300 g/mol. The maximum Gasteiger partial charge on any atom is -0.00258 e. The highest BCUT2D eigenvalue weighted by Gasteiger charge is 1.97. The van der Waals surface area contributed by atoms with Crippen LogP contribution in [0.25, 0.3) is 10.8 Å². The molecule has 25 heavy (non-hydrogen) atoms. The highest BCUT2D eigenvalue weighted by atomic mass is 14.0. The molecule has 0 nitrogen and oxygen atoms in total. The van der Waals surface area contributed by atoms with E-state index in [1.54, 1.807) is 0 Å². The second kappa shape index (κ2) is 8.30. The zero-order valence-corrected chi connectivity index (χ0v) is 14.9. The third kappa shape index (κ3) is 4.58. The minimum absolute atomic E-state index is 1.03. The Morgan fingerprint density at radius 3 is 1.20 bits per heavy atom. The maximum atomic E-state index is 2.18. The van der Waals surface area contributed by atoms with Crippen molar-refractivity contribution in [3.63, 3.8) is 0 Å². The molecule has 0 saturated carbocycles. The van der Waals surface area contributed by atoms with Gasteiger partial charge in [-0.1, -0.05) is 97.1 Å². The Labute approximate surface area is 150 Å². The van der Waals surface area contributed by atoms with E-state index in [2.05, 4.69) is 111 Å². The molecule has 0 bridgehead atoms. The van der Waals surface area contributed by atoms with E-state index in [-0.39, 0.29) is 0 Å². The Bertz CT molecular complexity index is 844. The smallest absolute Gasteiger partial charge is 0.00258 e. The standard InChI is InChI=1S/C13H12.C12H12/c1-3-7-12(8-4-1)11-13-9-5-2-6-10-13;1-9-7-8-10(2)12-6-4-3-5-11(9)12/h1-10H,11H2;3-8H,1-2H3. The Morgan fingerprint density at radius 1 is 0.440 bits per heavy atom. The Hall–Kier alpha value is -2.86. The largest absolute Gasteiger partial charge is 0.0622 e. The van der Waals surface area contributed by atoms with Gasteiger partial charge in [0.15, 0.2) is 0 Å². The molecule has 4 aromatic rings. The molecular formula is C25H24. The molecule has 4 aromatic carbocycles. The van der Waals surface area contributed by atoms with E-state index in [9.17, 15) is 0 Å². The lowest BCUT2D eigenvalue weighted by Gasteiger charge is -2.03. The van der Waals surface area contributed by atoms with Gasteiger partial charge < -0.3 is 0 Å². The van der Waals surface area contributed by atoms with Crippen LogP contribution in [-0.2, 0) is 6.42 Å². The van der Waals surface area contributed by atoms with Crippen molar-refractivity contribution in [2.45, 2.75) is 20.3 Å².